The summed E-state index contributed by atoms with van der Waals surface area (Å²) in [5.74, 6) is -0.541. The van der Waals surface area contributed by atoms with Crippen LogP contribution in [0.5, 0.6) is 0 Å². The Kier molecular flexibility index (Phi) is 6.61. The average molecular weight is 482 g/mol. The zero-order chi connectivity index (χ0) is 24.5. The number of carbonyl (C=O) groups is 1. The highest BCUT2D eigenvalue weighted by Gasteiger charge is 2.23. The number of amides is 1. The fourth-order valence-electron chi connectivity index (χ4n) is 4.09. The van der Waals surface area contributed by atoms with Gasteiger partial charge < -0.3 is 9.80 Å². The normalized spacial score (nSPS) is 14.2. The van der Waals surface area contributed by atoms with Crippen LogP contribution in [-0.4, -0.2) is 45.4 Å². The van der Waals surface area contributed by atoms with Crippen molar-refractivity contribution >= 4 is 27.3 Å². The number of halogens is 1. The molecule has 0 aliphatic carbocycles. The molecule has 34 heavy (non-hydrogen) atoms. The number of nitrogens with zero attached hydrogens (tertiary/aromatic N) is 2. The van der Waals surface area contributed by atoms with Crippen LogP contribution in [0.2, 0.25) is 0 Å². The Hall–Kier alpha value is -3.39. The first kappa shape index (κ1) is 23.8. The van der Waals surface area contributed by atoms with E-state index in [4.69, 9.17) is 0 Å². The van der Waals surface area contributed by atoms with E-state index in [0.29, 0.717) is 24.3 Å². The van der Waals surface area contributed by atoms with Gasteiger partial charge in [-0.2, -0.15) is 0 Å². The van der Waals surface area contributed by atoms with Crippen molar-refractivity contribution < 1.29 is 17.6 Å². The molecule has 4 rings (SSSR count). The molecular formula is C26H28FN3O3S. The van der Waals surface area contributed by atoms with Gasteiger partial charge in [0.15, 0.2) is 0 Å². The molecule has 0 unspecified atom stereocenters. The van der Waals surface area contributed by atoms with E-state index >= 15 is 0 Å². The molecule has 0 bridgehead atoms. The van der Waals surface area contributed by atoms with Gasteiger partial charge in [0.05, 0.1) is 4.90 Å². The van der Waals surface area contributed by atoms with E-state index in [2.05, 4.69) is 41.7 Å². The number of hydrogen-bond donors (Lipinski definition) is 1. The monoisotopic (exact) mass is 481 g/mol. The molecule has 1 saturated heterocycles. The van der Waals surface area contributed by atoms with Gasteiger partial charge in [0.1, 0.15) is 5.82 Å². The van der Waals surface area contributed by atoms with Crippen molar-refractivity contribution in [2.24, 2.45) is 0 Å². The predicted molar refractivity (Wildman–Crippen MR) is 132 cm³/mol. The first-order chi connectivity index (χ1) is 16.2. The lowest BCUT2D eigenvalue weighted by atomic mass is 10.1. The maximum atomic E-state index is 13.5. The third-order valence-electron chi connectivity index (χ3n) is 6.31. The lowest BCUT2D eigenvalue weighted by molar-refractivity contribution is 0.0747. The smallest absolute Gasteiger partial charge is 0.261 e. The molecule has 0 atom stereocenters. The minimum Gasteiger partial charge on any atom is -0.368 e. The Balaban J connectivity index is 1.40. The molecule has 6 nitrogen and oxygen atoms in total. The van der Waals surface area contributed by atoms with Crippen LogP contribution in [-0.2, 0) is 10.0 Å². The number of anilines is 2. The fraction of sp³-hybridized carbons (Fsp3) is 0.269. The molecular weight excluding hydrogens is 453 g/mol. The molecule has 0 aromatic heterocycles. The molecule has 0 saturated carbocycles. The van der Waals surface area contributed by atoms with Gasteiger partial charge in [0.25, 0.3) is 15.9 Å². The van der Waals surface area contributed by atoms with Crippen molar-refractivity contribution in [1.82, 2.24) is 4.90 Å². The van der Waals surface area contributed by atoms with Crippen LogP contribution < -0.4 is 9.62 Å². The topological polar surface area (TPSA) is 69.7 Å². The second kappa shape index (κ2) is 9.46. The summed E-state index contributed by atoms with van der Waals surface area (Å²) in [6.45, 7) is 8.47. The second-order valence-electron chi connectivity index (χ2n) is 8.59. The van der Waals surface area contributed by atoms with E-state index in [-0.39, 0.29) is 16.4 Å². The number of sulfonamides is 1. The van der Waals surface area contributed by atoms with Crippen molar-refractivity contribution in [3.8, 4) is 0 Å². The van der Waals surface area contributed by atoms with E-state index in [1.54, 1.807) is 24.3 Å². The van der Waals surface area contributed by atoms with E-state index < -0.39 is 15.8 Å². The van der Waals surface area contributed by atoms with Crippen molar-refractivity contribution in [3.63, 3.8) is 0 Å². The quantitative estimate of drug-likeness (QED) is 0.582. The van der Waals surface area contributed by atoms with Crippen LogP contribution in [0.15, 0.2) is 65.6 Å². The third kappa shape index (κ3) is 4.92. The molecule has 1 amide bonds. The maximum absolute atomic E-state index is 13.5. The molecule has 1 aliphatic heterocycles. The van der Waals surface area contributed by atoms with E-state index in [9.17, 15) is 17.6 Å². The maximum Gasteiger partial charge on any atom is 0.261 e. The minimum atomic E-state index is -3.86. The van der Waals surface area contributed by atoms with Crippen LogP contribution in [0.25, 0.3) is 0 Å². The molecule has 3 aromatic rings. The number of piperazine rings is 1. The molecule has 1 heterocycles. The second-order valence-corrected chi connectivity index (χ2v) is 10.3. The lowest BCUT2D eigenvalue weighted by Crippen LogP contribution is -2.49. The first-order valence-electron chi connectivity index (χ1n) is 11.2. The molecule has 1 N–H and O–H groups in total. The molecule has 3 aromatic carbocycles. The van der Waals surface area contributed by atoms with Gasteiger partial charge in [-0.1, -0.05) is 12.1 Å². The van der Waals surface area contributed by atoms with E-state index in [1.165, 1.54) is 35.9 Å². The summed E-state index contributed by atoms with van der Waals surface area (Å²) in [5.41, 5.74) is 4.80. The van der Waals surface area contributed by atoms with Gasteiger partial charge in [0.2, 0.25) is 0 Å². The first-order valence-corrected chi connectivity index (χ1v) is 12.6. The molecule has 1 aliphatic rings. The number of rotatable bonds is 5. The molecule has 178 valence electrons. The third-order valence-corrected chi connectivity index (χ3v) is 7.69. The molecule has 0 spiro atoms. The molecule has 0 radical (unpaired) electrons. The van der Waals surface area contributed by atoms with Gasteiger partial charge >= 0.3 is 0 Å². The van der Waals surface area contributed by atoms with Crippen LogP contribution in [0.3, 0.4) is 0 Å². The lowest BCUT2D eigenvalue weighted by Gasteiger charge is -2.37. The van der Waals surface area contributed by atoms with Crippen molar-refractivity contribution in [2.45, 2.75) is 25.7 Å². The van der Waals surface area contributed by atoms with Crippen molar-refractivity contribution in [3.05, 3.63) is 88.7 Å². The van der Waals surface area contributed by atoms with Gasteiger partial charge in [-0.05, 0) is 86.0 Å². The van der Waals surface area contributed by atoms with Crippen LogP contribution in [0, 0.1) is 26.6 Å². The van der Waals surface area contributed by atoms with Crippen LogP contribution in [0.4, 0.5) is 15.8 Å². The zero-order valence-corrected chi connectivity index (χ0v) is 20.3. The van der Waals surface area contributed by atoms with Gasteiger partial charge in [-0.3, -0.25) is 9.52 Å². The Morgan fingerprint density at radius 3 is 2.21 bits per heavy atom. The highest BCUT2D eigenvalue weighted by molar-refractivity contribution is 7.92. The molecule has 1 fully saturated rings. The van der Waals surface area contributed by atoms with Crippen molar-refractivity contribution in [1.29, 1.82) is 0 Å². The Morgan fingerprint density at radius 2 is 1.56 bits per heavy atom. The number of nitrogens with one attached hydrogen (secondary N) is 1. The minimum absolute atomic E-state index is 0.0201. The summed E-state index contributed by atoms with van der Waals surface area (Å²) in [5, 5.41) is 0. The van der Waals surface area contributed by atoms with E-state index in [1.807, 2.05) is 4.90 Å². The SMILES string of the molecule is Cc1cc(S(=O)(=O)Nc2ccc(C(=O)N3CCN(c4cccc(C)c4C)CC3)cc2)ccc1F. The van der Waals surface area contributed by atoms with Gasteiger partial charge in [-0.15, -0.1) is 0 Å². The number of benzene rings is 3. The fourth-order valence-corrected chi connectivity index (χ4v) is 5.23. The Labute approximate surface area is 200 Å². The van der Waals surface area contributed by atoms with Gasteiger partial charge in [0, 0.05) is 43.1 Å². The largest absolute Gasteiger partial charge is 0.368 e. The predicted octanol–water partition coefficient (Wildman–Crippen LogP) is 4.51. The average Bonchev–Trinajstić information content (AvgIpc) is 2.82. The summed E-state index contributed by atoms with van der Waals surface area (Å²) in [7, 11) is -3.86. The standard InChI is InChI=1S/C26H28FN3O3S/c1-18-5-4-6-25(20(18)3)29-13-15-30(16-14-29)26(31)21-7-9-22(10-8-21)28-34(32,33)23-11-12-24(27)19(2)17-23/h4-12,17,28H,13-16H2,1-3H3. The number of carbonyl (C=O) groups excluding carboxylic acids is 1. The van der Waals surface area contributed by atoms with E-state index in [0.717, 1.165) is 19.2 Å². The molecule has 8 heteroatoms. The highest BCUT2D eigenvalue weighted by Crippen LogP contribution is 2.25. The summed E-state index contributed by atoms with van der Waals surface area (Å²) in [6, 6.07) is 16.3. The Morgan fingerprint density at radius 1 is 0.882 bits per heavy atom. The Bertz CT molecular complexity index is 1320. The van der Waals surface area contributed by atoms with Crippen LogP contribution in [0.1, 0.15) is 27.0 Å². The number of aryl methyl sites for hydroxylation is 2. The summed E-state index contributed by atoms with van der Waals surface area (Å²) in [6.07, 6.45) is 0. The zero-order valence-electron chi connectivity index (χ0n) is 19.5. The summed E-state index contributed by atoms with van der Waals surface area (Å²) < 4.78 is 41.2. The van der Waals surface area contributed by atoms with Gasteiger partial charge in [-0.25, -0.2) is 12.8 Å². The van der Waals surface area contributed by atoms with Crippen LogP contribution >= 0.6 is 0 Å². The number of hydrogen-bond acceptors (Lipinski definition) is 4. The summed E-state index contributed by atoms with van der Waals surface area (Å²) >= 11 is 0. The highest BCUT2D eigenvalue weighted by atomic mass is 32.2. The summed E-state index contributed by atoms with van der Waals surface area (Å²) in [4.78, 5) is 17.1. The van der Waals surface area contributed by atoms with Crippen molar-refractivity contribution in [2.75, 3.05) is 35.8 Å².